The van der Waals surface area contributed by atoms with E-state index in [0.717, 1.165) is 83.5 Å². The van der Waals surface area contributed by atoms with Gasteiger partial charge in [0, 0.05) is 12.8 Å². The Morgan fingerprint density at radius 2 is 0.582 bits per heavy atom. The van der Waals surface area contributed by atoms with Gasteiger partial charge < -0.3 is 18.9 Å². The summed E-state index contributed by atoms with van der Waals surface area (Å²) in [5.74, 6) is -0.782. The molecule has 0 radical (unpaired) electrons. The van der Waals surface area contributed by atoms with E-state index >= 15 is 0 Å². The molecular weight excluding hydrogens is 1230 g/mol. The van der Waals surface area contributed by atoms with Gasteiger partial charge >= 0.3 is 19.8 Å². The van der Waals surface area contributed by atoms with Gasteiger partial charge in [0.15, 0.2) is 6.10 Å². The molecule has 0 aliphatic rings. The summed E-state index contributed by atoms with van der Waals surface area (Å²) < 4.78 is 34.9. The Balaban J connectivity index is 3.91. The summed E-state index contributed by atoms with van der Waals surface area (Å²) in [4.78, 5) is 36.0. The minimum absolute atomic E-state index is 0.0311. The van der Waals surface area contributed by atoms with E-state index in [-0.39, 0.29) is 25.6 Å². The summed E-state index contributed by atoms with van der Waals surface area (Å²) in [5.41, 5.74) is 0. The fourth-order valence-corrected chi connectivity index (χ4v) is 13.3. The van der Waals surface area contributed by atoms with Crippen molar-refractivity contribution >= 4 is 19.8 Å². The summed E-state index contributed by atoms with van der Waals surface area (Å²) in [5, 5.41) is 0. The van der Waals surface area contributed by atoms with Crippen molar-refractivity contribution in [3.63, 3.8) is 0 Å². The molecule has 0 saturated heterocycles. The third-order valence-corrected chi connectivity index (χ3v) is 19.9. The Bertz CT molecular complexity index is 1930. The van der Waals surface area contributed by atoms with Crippen molar-refractivity contribution in [1.29, 1.82) is 0 Å². The second-order valence-corrected chi connectivity index (χ2v) is 31.3. The molecule has 2 unspecified atom stereocenters. The minimum Gasteiger partial charge on any atom is -0.462 e. The number of carbonyl (C=O) groups excluding carboxylic acids is 2. The Morgan fingerprint density at radius 3 is 0.867 bits per heavy atom. The fraction of sp³-hybridized carbons (Fsp3) is 0.818. The molecule has 98 heavy (non-hydrogen) atoms. The van der Waals surface area contributed by atoms with Gasteiger partial charge in [-0.15, -0.1) is 0 Å². The largest absolute Gasteiger partial charge is 0.472 e. The van der Waals surface area contributed by atoms with Gasteiger partial charge in [0.25, 0.3) is 0 Å². The van der Waals surface area contributed by atoms with Crippen LogP contribution in [0.15, 0.2) is 85.1 Å². The monoisotopic (exact) mass is 1390 g/mol. The van der Waals surface area contributed by atoms with Crippen molar-refractivity contribution in [3.05, 3.63) is 85.1 Å². The van der Waals surface area contributed by atoms with Crippen LogP contribution in [0.3, 0.4) is 0 Å². The van der Waals surface area contributed by atoms with Crippen LogP contribution in [0, 0.1) is 0 Å². The smallest absolute Gasteiger partial charge is 0.462 e. The fourth-order valence-electron chi connectivity index (χ4n) is 12.5. The lowest BCUT2D eigenvalue weighted by atomic mass is 10.0. The van der Waals surface area contributed by atoms with Crippen LogP contribution in [0.5, 0.6) is 0 Å². The number of carbonyl (C=O) groups is 2. The third-order valence-electron chi connectivity index (χ3n) is 18.9. The van der Waals surface area contributed by atoms with Gasteiger partial charge in [-0.2, -0.15) is 0 Å². The zero-order valence-corrected chi connectivity index (χ0v) is 66.4. The quantitative estimate of drug-likeness (QED) is 0.0211. The maximum Gasteiger partial charge on any atom is 0.472 e. The lowest BCUT2D eigenvalue weighted by Gasteiger charge is -2.24. The maximum atomic E-state index is 12.9. The molecule has 0 aromatic rings. The average Bonchev–Trinajstić information content (AvgIpc) is 1.08. The first kappa shape index (κ1) is 95.2. The van der Waals surface area contributed by atoms with E-state index in [4.69, 9.17) is 18.5 Å². The zero-order chi connectivity index (χ0) is 71.1. The molecule has 0 spiro atoms. The molecule has 0 saturated carbocycles. The molecule has 2 atom stereocenters. The molecule has 0 amide bonds. The van der Waals surface area contributed by atoms with Crippen molar-refractivity contribution in [3.8, 4) is 0 Å². The number of unbranched alkanes of at least 4 members (excludes halogenated alkanes) is 51. The number of phosphoric acid groups is 1. The number of quaternary nitrogens is 1. The number of hydrogen-bond donors (Lipinski definition) is 1. The van der Waals surface area contributed by atoms with Crippen LogP contribution >= 0.6 is 7.82 Å². The normalized spacial score (nSPS) is 13.4. The number of ether oxygens (including phenoxy) is 2. The first-order valence-electron chi connectivity index (χ1n) is 42.3. The van der Waals surface area contributed by atoms with Crippen molar-refractivity contribution in [1.82, 2.24) is 0 Å². The highest BCUT2D eigenvalue weighted by atomic mass is 31.2. The van der Waals surface area contributed by atoms with Gasteiger partial charge in [-0.3, -0.25) is 18.6 Å². The number of phosphoric ester groups is 1. The standard InChI is InChI=1S/C88H162NO8P/c1-6-8-10-12-14-16-18-20-22-24-26-28-30-32-34-36-38-40-42-43-44-45-47-48-50-52-54-56-58-60-62-64-66-68-70-72-74-76-78-80-87(90)94-84-86(85-96-98(92,93)95-83-82-89(3,4)5)97-88(91)81-79-77-75-73-71-69-67-65-63-61-59-57-55-53-51-49-46-41-39-37-35-33-31-29-27-25-23-21-19-17-15-13-11-9-7-2/h9,11,15,17,21,23,27,29,33,35,39,41,49,51,86H,6-8,10,12-14,16,18-20,22,24-26,28,30-32,34,36-38,40,42-48,50,52-85H2,1-5H3/p+1/b11-9-,17-15-,23-21-,29-27-,35-33-,41-39-,51-49-. The van der Waals surface area contributed by atoms with Crippen LogP contribution in [-0.2, 0) is 32.7 Å². The van der Waals surface area contributed by atoms with Crippen LogP contribution in [-0.4, -0.2) is 74.9 Å². The van der Waals surface area contributed by atoms with E-state index in [2.05, 4.69) is 98.9 Å². The van der Waals surface area contributed by atoms with Gasteiger partial charge in [-0.25, -0.2) is 4.57 Å². The van der Waals surface area contributed by atoms with E-state index < -0.39 is 26.5 Å². The Kier molecular flexibility index (Phi) is 76.1. The third kappa shape index (κ3) is 82.1. The number of rotatable bonds is 79. The van der Waals surface area contributed by atoms with Crippen LogP contribution in [0.4, 0.5) is 0 Å². The number of hydrogen-bond acceptors (Lipinski definition) is 7. The number of likely N-dealkylation sites (N-methyl/N-ethyl adjacent to an activating group) is 1. The van der Waals surface area contributed by atoms with E-state index in [1.54, 1.807) is 0 Å². The summed E-state index contributed by atoms with van der Waals surface area (Å²) in [6, 6.07) is 0. The summed E-state index contributed by atoms with van der Waals surface area (Å²) >= 11 is 0. The first-order valence-corrected chi connectivity index (χ1v) is 43.8. The number of esters is 2. The summed E-state index contributed by atoms with van der Waals surface area (Å²) in [7, 11) is 1.49. The second-order valence-electron chi connectivity index (χ2n) is 29.8. The molecule has 0 aromatic carbocycles. The van der Waals surface area contributed by atoms with E-state index in [1.807, 2.05) is 21.1 Å². The van der Waals surface area contributed by atoms with Gasteiger partial charge in [-0.1, -0.05) is 414 Å². The van der Waals surface area contributed by atoms with Crippen molar-refractivity contribution in [2.45, 2.75) is 418 Å². The molecule has 572 valence electrons. The zero-order valence-electron chi connectivity index (χ0n) is 65.5. The summed E-state index contributed by atoms with van der Waals surface area (Å²) in [6.07, 6.45) is 109. The Morgan fingerprint density at radius 1 is 0.327 bits per heavy atom. The van der Waals surface area contributed by atoms with Gasteiger partial charge in [0.1, 0.15) is 19.8 Å². The molecule has 0 rings (SSSR count). The molecule has 0 fully saturated rings. The molecule has 10 heteroatoms. The molecular formula is C88H163NO8P+. The van der Waals surface area contributed by atoms with Crippen LogP contribution in [0.25, 0.3) is 0 Å². The highest BCUT2D eigenvalue weighted by Gasteiger charge is 2.27. The maximum absolute atomic E-state index is 12.9. The summed E-state index contributed by atoms with van der Waals surface area (Å²) in [6.45, 7) is 4.38. The molecule has 1 N–H and O–H groups in total. The molecule has 9 nitrogen and oxygen atoms in total. The van der Waals surface area contributed by atoms with Gasteiger partial charge in [0.05, 0.1) is 27.7 Å². The predicted molar refractivity (Wildman–Crippen MR) is 427 cm³/mol. The Labute approximate surface area is 609 Å². The van der Waals surface area contributed by atoms with Gasteiger partial charge in [0.2, 0.25) is 0 Å². The molecule has 0 bridgehead atoms. The highest BCUT2D eigenvalue weighted by molar-refractivity contribution is 7.47. The first-order chi connectivity index (χ1) is 48.0. The van der Waals surface area contributed by atoms with Crippen molar-refractivity contribution < 1.29 is 42.1 Å². The molecule has 0 heterocycles. The highest BCUT2D eigenvalue weighted by Crippen LogP contribution is 2.43. The van der Waals surface area contributed by atoms with Crippen molar-refractivity contribution in [2.24, 2.45) is 0 Å². The topological polar surface area (TPSA) is 108 Å². The molecule has 0 aliphatic carbocycles. The van der Waals surface area contributed by atoms with E-state index in [9.17, 15) is 19.0 Å². The predicted octanol–water partition coefficient (Wildman–Crippen LogP) is 28.4. The second kappa shape index (κ2) is 78.3. The van der Waals surface area contributed by atoms with Crippen LogP contribution in [0.2, 0.25) is 0 Å². The molecule has 0 aromatic heterocycles. The van der Waals surface area contributed by atoms with Gasteiger partial charge in [-0.05, 0) is 70.6 Å². The number of nitrogens with zero attached hydrogens (tertiary/aromatic N) is 1. The van der Waals surface area contributed by atoms with E-state index in [1.165, 1.54) is 295 Å². The van der Waals surface area contributed by atoms with Crippen molar-refractivity contribution in [2.75, 3.05) is 47.5 Å². The Hall–Kier alpha value is -2.81. The average molecular weight is 1390 g/mol. The van der Waals surface area contributed by atoms with E-state index in [0.29, 0.717) is 23.9 Å². The molecule has 0 aliphatic heterocycles. The SMILES string of the molecule is CC/C=C\C/C=C\C/C=C\C/C=C\C/C=C\C/C=C\C/C=C\CCCCCCCCCCCCCCCC(=O)OC(COC(=O)CCCCCCCCCCCCCCCCCCCCCCCCCCCCCCCCCCCCCCCCC)COP(=O)(O)OCC[N+](C)(C)C. The minimum atomic E-state index is -4.40. The number of allylic oxidation sites excluding steroid dienone is 14. The van der Waals surface area contributed by atoms with Crippen LogP contribution in [0.1, 0.15) is 412 Å². The van der Waals surface area contributed by atoms with Crippen LogP contribution < -0.4 is 0 Å². The lowest BCUT2D eigenvalue weighted by Crippen LogP contribution is -2.37. The lowest BCUT2D eigenvalue weighted by molar-refractivity contribution is -0.870.